The second-order valence-electron chi connectivity index (χ2n) is 5.08. The summed E-state index contributed by atoms with van der Waals surface area (Å²) in [4.78, 5) is 16.2. The van der Waals surface area contributed by atoms with Crippen molar-refractivity contribution in [1.29, 1.82) is 0 Å². The Bertz CT molecular complexity index is 900. The number of aromatic nitrogens is 1. The maximum Gasteiger partial charge on any atom is 0.376 e. The highest BCUT2D eigenvalue weighted by Crippen LogP contribution is 2.30. The molecule has 0 radical (unpaired) electrons. The van der Waals surface area contributed by atoms with E-state index in [9.17, 15) is 18.0 Å². The first-order chi connectivity index (χ1) is 12.0. The summed E-state index contributed by atoms with van der Waals surface area (Å²) >= 11 is 0. The number of carbonyl (C=O) groups excluding carboxylic acids is 1. The topological polar surface area (TPSA) is 52.3 Å². The van der Waals surface area contributed by atoms with Crippen molar-refractivity contribution in [3.05, 3.63) is 65.7 Å². The van der Waals surface area contributed by atoms with Gasteiger partial charge < -0.3 is 9.15 Å². The van der Waals surface area contributed by atoms with Crippen LogP contribution in [0.2, 0.25) is 0 Å². The number of oxazole rings is 1. The number of halogens is 3. The zero-order valence-corrected chi connectivity index (χ0v) is 13.1. The second-order valence-corrected chi connectivity index (χ2v) is 5.08. The molecule has 7 heteroatoms. The molecule has 4 nitrogen and oxygen atoms in total. The van der Waals surface area contributed by atoms with Crippen molar-refractivity contribution in [2.45, 2.75) is 6.92 Å². The summed E-state index contributed by atoms with van der Waals surface area (Å²) in [7, 11) is 0. The van der Waals surface area contributed by atoms with Crippen molar-refractivity contribution < 1.29 is 27.1 Å². The Morgan fingerprint density at radius 2 is 1.64 bits per heavy atom. The van der Waals surface area contributed by atoms with Crippen molar-refractivity contribution in [3.8, 4) is 22.7 Å². The summed E-state index contributed by atoms with van der Waals surface area (Å²) in [5.41, 5.74) is 0.519. The van der Waals surface area contributed by atoms with Crippen molar-refractivity contribution in [1.82, 2.24) is 4.98 Å². The Labute approximate surface area is 140 Å². The monoisotopic (exact) mass is 347 g/mol. The Morgan fingerprint density at radius 3 is 2.24 bits per heavy atom. The normalized spacial score (nSPS) is 10.7. The number of rotatable bonds is 4. The summed E-state index contributed by atoms with van der Waals surface area (Å²) in [5, 5.41) is 0. The van der Waals surface area contributed by atoms with Gasteiger partial charge in [-0.05, 0) is 43.3 Å². The summed E-state index contributed by atoms with van der Waals surface area (Å²) in [6.07, 6.45) is 0. The number of nitrogens with zero attached hydrogens (tertiary/aromatic N) is 1. The lowest BCUT2D eigenvalue weighted by molar-refractivity contribution is 0.0492. The van der Waals surface area contributed by atoms with Crippen molar-refractivity contribution >= 4 is 5.97 Å². The van der Waals surface area contributed by atoms with Gasteiger partial charge in [-0.3, -0.25) is 0 Å². The van der Waals surface area contributed by atoms with Crippen LogP contribution in [0.15, 0.2) is 46.9 Å². The maximum atomic E-state index is 13.4. The van der Waals surface area contributed by atoms with E-state index in [-0.39, 0.29) is 29.5 Å². The standard InChI is InChI=1S/C18H12F3NO3/c1-2-24-18(23)16-15(10-3-5-12(19)6-4-10)22-17(25-16)11-7-13(20)9-14(21)8-11/h3-9H,2H2,1H3. The van der Waals surface area contributed by atoms with E-state index in [0.29, 0.717) is 11.6 Å². The molecule has 0 spiro atoms. The fourth-order valence-electron chi connectivity index (χ4n) is 2.26. The van der Waals surface area contributed by atoms with E-state index in [4.69, 9.17) is 9.15 Å². The van der Waals surface area contributed by atoms with Crippen molar-refractivity contribution in [3.63, 3.8) is 0 Å². The van der Waals surface area contributed by atoms with Crippen LogP contribution in [0.25, 0.3) is 22.7 Å². The number of esters is 1. The average Bonchev–Trinajstić information content (AvgIpc) is 3.00. The van der Waals surface area contributed by atoms with Gasteiger partial charge in [-0.25, -0.2) is 22.9 Å². The first-order valence-electron chi connectivity index (χ1n) is 7.38. The average molecular weight is 347 g/mol. The van der Waals surface area contributed by atoms with Gasteiger partial charge in [0.05, 0.1) is 6.61 Å². The van der Waals surface area contributed by atoms with E-state index in [1.165, 1.54) is 24.3 Å². The van der Waals surface area contributed by atoms with Crippen LogP contribution in [0, 0.1) is 17.5 Å². The molecule has 0 N–H and O–H groups in total. The predicted octanol–water partition coefficient (Wildman–Crippen LogP) is 4.60. The van der Waals surface area contributed by atoms with Crippen LogP contribution < -0.4 is 0 Å². The molecule has 0 aliphatic carbocycles. The van der Waals surface area contributed by atoms with Crippen LogP contribution >= 0.6 is 0 Å². The summed E-state index contributed by atoms with van der Waals surface area (Å²) < 4.78 is 50.3. The van der Waals surface area contributed by atoms with Gasteiger partial charge in [0, 0.05) is 17.2 Å². The zero-order chi connectivity index (χ0) is 18.0. The van der Waals surface area contributed by atoms with E-state index in [1.54, 1.807) is 6.92 Å². The molecule has 25 heavy (non-hydrogen) atoms. The molecule has 2 aromatic carbocycles. The molecule has 0 atom stereocenters. The highest BCUT2D eigenvalue weighted by Gasteiger charge is 2.24. The smallest absolute Gasteiger partial charge is 0.376 e. The Kier molecular flexibility index (Phi) is 4.56. The number of carbonyl (C=O) groups is 1. The molecule has 1 aromatic heterocycles. The minimum atomic E-state index is -0.811. The third kappa shape index (κ3) is 3.55. The molecule has 0 aliphatic rings. The molecule has 1 heterocycles. The van der Waals surface area contributed by atoms with E-state index in [1.807, 2.05) is 0 Å². The number of hydrogen-bond donors (Lipinski definition) is 0. The van der Waals surface area contributed by atoms with E-state index >= 15 is 0 Å². The molecule has 0 unspecified atom stereocenters. The predicted molar refractivity (Wildman–Crippen MR) is 83.2 cm³/mol. The molecule has 0 fully saturated rings. The summed E-state index contributed by atoms with van der Waals surface area (Å²) in [5.74, 6) is -3.24. The molecule has 0 bridgehead atoms. The minimum Gasteiger partial charge on any atom is -0.460 e. The molecule has 0 saturated heterocycles. The van der Waals surface area contributed by atoms with Gasteiger partial charge in [0.25, 0.3) is 0 Å². The third-order valence-corrected chi connectivity index (χ3v) is 3.32. The highest BCUT2D eigenvalue weighted by molar-refractivity contribution is 5.94. The third-order valence-electron chi connectivity index (χ3n) is 3.32. The summed E-state index contributed by atoms with van der Waals surface area (Å²) in [6.45, 7) is 1.72. The maximum absolute atomic E-state index is 13.4. The lowest BCUT2D eigenvalue weighted by Crippen LogP contribution is -2.04. The molecule has 3 rings (SSSR count). The SMILES string of the molecule is CCOC(=O)c1oc(-c2cc(F)cc(F)c2)nc1-c1ccc(F)cc1. The zero-order valence-electron chi connectivity index (χ0n) is 13.1. The summed E-state index contributed by atoms with van der Waals surface area (Å²) in [6, 6.07) is 7.97. The Hall–Kier alpha value is -3.09. The van der Waals surface area contributed by atoms with Gasteiger partial charge in [0.1, 0.15) is 23.1 Å². The van der Waals surface area contributed by atoms with Gasteiger partial charge in [-0.1, -0.05) is 0 Å². The quantitative estimate of drug-likeness (QED) is 0.647. The molecular weight excluding hydrogens is 335 g/mol. The van der Waals surface area contributed by atoms with Crippen molar-refractivity contribution in [2.75, 3.05) is 6.61 Å². The van der Waals surface area contributed by atoms with Gasteiger partial charge in [0.15, 0.2) is 0 Å². The van der Waals surface area contributed by atoms with Crippen LogP contribution in [0.1, 0.15) is 17.5 Å². The van der Waals surface area contributed by atoms with Crippen LogP contribution in [0.5, 0.6) is 0 Å². The lowest BCUT2D eigenvalue weighted by atomic mass is 10.1. The van der Waals surface area contributed by atoms with Crippen LogP contribution in [0.3, 0.4) is 0 Å². The van der Waals surface area contributed by atoms with Crippen LogP contribution in [-0.2, 0) is 4.74 Å². The molecule has 128 valence electrons. The second kappa shape index (κ2) is 6.80. The first kappa shape index (κ1) is 16.8. The van der Waals surface area contributed by atoms with Crippen LogP contribution in [-0.4, -0.2) is 17.6 Å². The fraction of sp³-hybridized carbons (Fsp3) is 0.111. The van der Waals surface area contributed by atoms with Gasteiger partial charge in [0.2, 0.25) is 11.7 Å². The highest BCUT2D eigenvalue weighted by atomic mass is 19.1. The Balaban J connectivity index is 2.14. The van der Waals surface area contributed by atoms with E-state index in [2.05, 4.69) is 4.98 Å². The van der Waals surface area contributed by atoms with Gasteiger partial charge in [-0.15, -0.1) is 0 Å². The first-order valence-corrected chi connectivity index (χ1v) is 7.38. The van der Waals surface area contributed by atoms with Crippen molar-refractivity contribution in [2.24, 2.45) is 0 Å². The lowest BCUT2D eigenvalue weighted by Gasteiger charge is -2.01. The van der Waals surface area contributed by atoms with Gasteiger partial charge in [-0.2, -0.15) is 0 Å². The fourth-order valence-corrected chi connectivity index (χ4v) is 2.26. The number of hydrogen-bond acceptors (Lipinski definition) is 4. The molecule has 0 aliphatic heterocycles. The largest absolute Gasteiger partial charge is 0.460 e. The van der Waals surface area contributed by atoms with E-state index in [0.717, 1.165) is 12.1 Å². The molecule has 3 aromatic rings. The number of benzene rings is 2. The molecule has 0 amide bonds. The molecule has 0 saturated carbocycles. The Morgan fingerprint density at radius 1 is 1.00 bits per heavy atom. The number of ether oxygens (including phenoxy) is 1. The van der Waals surface area contributed by atoms with Crippen LogP contribution in [0.4, 0.5) is 13.2 Å². The van der Waals surface area contributed by atoms with E-state index < -0.39 is 23.4 Å². The van der Waals surface area contributed by atoms with Gasteiger partial charge >= 0.3 is 5.97 Å². The molecular formula is C18H12F3NO3. The minimum absolute atomic E-state index is 0.0245.